The largest absolute Gasteiger partial charge is 0.497 e. The molecule has 1 aromatic heterocycles. The Kier molecular flexibility index (Phi) is 5.68. The Bertz CT molecular complexity index is 741. The molecule has 2 heterocycles. The number of anilines is 1. The first-order chi connectivity index (χ1) is 12.7. The summed E-state index contributed by atoms with van der Waals surface area (Å²) >= 11 is 0. The monoisotopic (exact) mass is 355 g/mol. The molecule has 1 aliphatic heterocycles. The van der Waals surface area contributed by atoms with Gasteiger partial charge in [0.05, 0.1) is 12.7 Å². The molecular formula is C19H21N3O4. The quantitative estimate of drug-likeness (QED) is 0.759. The molecule has 0 unspecified atom stereocenters. The Hall–Kier alpha value is -3.09. The Balaban J connectivity index is 1.46. The van der Waals surface area contributed by atoms with E-state index < -0.39 is 5.97 Å². The second-order valence-corrected chi connectivity index (χ2v) is 5.88. The molecule has 7 heteroatoms. The van der Waals surface area contributed by atoms with Crippen LogP contribution in [0.4, 0.5) is 5.69 Å². The van der Waals surface area contributed by atoms with Crippen molar-refractivity contribution in [3.63, 3.8) is 0 Å². The lowest BCUT2D eigenvalue weighted by Gasteiger charge is -2.36. The maximum atomic E-state index is 12.3. The van der Waals surface area contributed by atoms with Crippen molar-refractivity contribution in [2.75, 3.05) is 44.8 Å². The summed E-state index contributed by atoms with van der Waals surface area (Å²) in [6, 6.07) is 11.0. The maximum Gasteiger partial charge on any atom is 0.338 e. The highest BCUT2D eigenvalue weighted by molar-refractivity contribution is 5.91. The molecule has 0 saturated carbocycles. The van der Waals surface area contributed by atoms with Crippen molar-refractivity contribution >= 4 is 17.6 Å². The summed E-state index contributed by atoms with van der Waals surface area (Å²) in [6.45, 7) is 2.41. The zero-order valence-corrected chi connectivity index (χ0v) is 14.6. The number of pyridine rings is 1. The van der Waals surface area contributed by atoms with Crippen molar-refractivity contribution in [1.29, 1.82) is 0 Å². The highest BCUT2D eigenvalue weighted by atomic mass is 16.5. The third kappa shape index (κ3) is 4.30. The van der Waals surface area contributed by atoms with E-state index in [1.54, 1.807) is 24.1 Å². The van der Waals surface area contributed by atoms with Crippen molar-refractivity contribution in [3.05, 3.63) is 54.4 Å². The highest BCUT2D eigenvalue weighted by Gasteiger charge is 2.22. The summed E-state index contributed by atoms with van der Waals surface area (Å²) in [5.74, 6) is 0.123. The Labute approximate surface area is 152 Å². The van der Waals surface area contributed by atoms with Gasteiger partial charge in [-0.25, -0.2) is 4.79 Å². The van der Waals surface area contributed by atoms with Crippen LogP contribution < -0.4 is 9.64 Å². The van der Waals surface area contributed by atoms with E-state index in [4.69, 9.17) is 9.47 Å². The van der Waals surface area contributed by atoms with Gasteiger partial charge in [0.1, 0.15) is 5.75 Å². The normalized spacial score (nSPS) is 14.0. The van der Waals surface area contributed by atoms with Gasteiger partial charge in [-0.05, 0) is 36.4 Å². The number of benzene rings is 1. The SMILES string of the molecule is COc1ccc(N2CCN(C(=O)COC(=O)c3ccncc3)CC2)cc1. The van der Waals surface area contributed by atoms with E-state index in [2.05, 4.69) is 9.88 Å². The van der Waals surface area contributed by atoms with Gasteiger partial charge in [-0.3, -0.25) is 9.78 Å². The van der Waals surface area contributed by atoms with Gasteiger partial charge in [0.15, 0.2) is 6.61 Å². The number of esters is 1. The van der Waals surface area contributed by atoms with Crippen LogP contribution in [0.25, 0.3) is 0 Å². The number of rotatable bonds is 5. The van der Waals surface area contributed by atoms with Crippen LogP contribution >= 0.6 is 0 Å². The van der Waals surface area contributed by atoms with Gasteiger partial charge in [0.25, 0.3) is 5.91 Å². The average molecular weight is 355 g/mol. The Morgan fingerprint density at radius 2 is 1.65 bits per heavy atom. The molecular weight excluding hydrogens is 334 g/mol. The number of carbonyl (C=O) groups is 2. The fourth-order valence-corrected chi connectivity index (χ4v) is 2.80. The summed E-state index contributed by atoms with van der Waals surface area (Å²) in [5.41, 5.74) is 1.49. The molecule has 0 aliphatic carbocycles. The van der Waals surface area contributed by atoms with E-state index in [0.717, 1.165) is 24.5 Å². The molecule has 0 atom stereocenters. The smallest absolute Gasteiger partial charge is 0.338 e. The van der Waals surface area contributed by atoms with Crippen molar-refractivity contribution in [3.8, 4) is 5.75 Å². The molecule has 7 nitrogen and oxygen atoms in total. The molecule has 26 heavy (non-hydrogen) atoms. The molecule has 3 rings (SSSR count). The number of ether oxygens (including phenoxy) is 2. The molecule has 1 fully saturated rings. The minimum atomic E-state index is -0.516. The predicted octanol–water partition coefficient (Wildman–Crippen LogP) is 1.60. The summed E-state index contributed by atoms with van der Waals surface area (Å²) < 4.78 is 10.3. The standard InChI is InChI=1S/C19H21N3O4/c1-25-17-4-2-16(3-5-17)21-10-12-22(13-11-21)18(23)14-26-19(24)15-6-8-20-9-7-15/h2-9H,10-14H2,1H3. The van der Waals surface area contributed by atoms with E-state index in [-0.39, 0.29) is 12.5 Å². The molecule has 1 aliphatic rings. The first-order valence-electron chi connectivity index (χ1n) is 8.41. The van der Waals surface area contributed by atoms with Gasteiger partial charge in [0.2, 0.25) is 0 Å². The van der Waals surface area contributed by atoms with Gasteiger partial charge < -0.3 is 19.3 Å². The zero-order chi connectivity index (χ0) is 18.4. The maximum absolute atomic E-state index is 12.3. The molecule has 2 aromatic rings. The van der Waals surface area contributed by atoms with Gasteiger partial charge >= 0.3 is 5.97 Å². The van der Waals surface area contributed by atoms with Crippen LogP contribution in [0.1, 0.15) is 10.4 Å². The number of amides is 1. The van der Waals surface area contributed by atoms with Crippen molar-refractivity contribution < 1.29 is 19.1 Å². The zero-order valence-electron chi connectivity index (χ0n) is 14.6. The molecule has 0 N–H and O–H groups in total. The van der Waals surface area contributed by atoms with E-state index in [9.17, 15) is 9.59 Å². The van der Waals surface area contributed by atoms with E-state index in [1.807, 2.05) is 24.3 Å². The minimum absolute atomic E-state index is 0.179. The van der Waals surface area contributed by atoms with Gasteiger partial charge in [-0.1, -0.05) is 0 Å². The first kappa shape index (κ1) is 17.7. The molecule has 0 radical (unpaired) electrons. The van der Waals surface area contributed by atoms with Gasteiger partial charge in [-0.2, -0.15) is 0 Å². The number of methoxy groups -OCH3 is 1. The molecule has 1 amide bonds. The third-order valence-electron chi connectivity index (χ3n) is 4.31. The van der Waals surface area contributed by atoms with Crippen molar-refractivity contribution in [2.24, 2.45) is 0 Å². The number of carbonyl (C=O) groups excluding carboxylic acids is 2. The number of piperazine rings is 1. The fourth-order valence-electron chi connectivity index (χ4n) is 2.80. The Morgan fingerprint density at radius 1 is 1.00 bits per heavy atom. The second-order valence-electron chi connectivity index (χ2n) is 5.88. The lowest BCUT2D eigenvalue weighted by Crippen LogP contribution is -2.49. The molecule has 136 valence electrons. The van der Waals surface area contributed by atoms with Gasteiger partial charge in [-0.15, -0.1) is 0 Å². The summed E-state index contributed by atoms with van der Waals surface area (Å²) in [4.78, 5) is 31.9. The highest BCUT2D eigenvalue weighted by Crippen LogP contribution is 2.20. The molecule has 1 saturated heterocycles. The van der Waals surface area contributed by atoms with Crippen LogP contribution in [0.15, 0.2) is 48.8 Å². The number of hydrogen-bond acceptors (Lipinski definition) is 6. The van der Waals surface area contributed by atoms with E-state index in [0.29, 0.717) is 18.7 Å². The van der Waals surface area contributed by atoms with Crippen molar-refractivity contribution in [1.82, 2.24) is 9.88 Å². The Morgan fingerprint density at radius 3 is 2.27 bits per heavy atom. The summed E-state index contributed by atoms with van der Waals surface area (Å²) in [7, 11) is 1.64. The van der Waals surface area contributed by atoms with Crippen LogP contribution in [-0.2, 0) is 9.53 Å². The molecule has 0 bridgehead atoms. The van der Waals surface area contributed by atoms with Crippen LogP contribution in [-0.4, -0.2) is 61.7 Å². The predicted molar refractivity (Wildman–Crippen MR) is 96.3 cm³/mol. The second kappa shape index (κ2) is 8.33. The minimum Gasteiger partial charge on any atom is -0.497 e. The fraction of sp³-hybridized carbons (Fsp3) is 0.316. The first-order valence-corrected chi connectivity index (χ1v) is 8.41. The number of aromatic nitrogens is 1. The average Bonchev–Trinajstić information content (AvgIpc) is 2.72. The van der Waals surface area contributed by atoms with Gasteiger partial charge in [0, 0.05) is 44.3 Å². The van der Waals surface area contributed by atoms with Crippen LogP contribution in [0.3, 0.4) is 0 Å². The lowest BCUT2D eigenvalue weighted by atomic mass is 10.2. The molecule has 0 spiro atoms. The lowest BCUT2D eigenvalue weighted by molar-refractivity contribution is -0.134. The van der Waals surface area contributed by atoms with Crippen LogP contribution in [0, 0.1) is 0 Å². The summed E-state index contributed by atoms with van der Waals surface area (Å²) in [6.07, 6.45) is 3.02. The number of hydrogen-bond donors (Lipinski definition) is 0. The van der Waals surface area contributed by atoms with Crippen LogP contribution in [0.5, 0.6) is 5.75 Å². The topological polar surface area (TPSA) is 72.0 Å². The van der Waals surface area contributed by atoms with Crippen molar-refractivity contribution in [2.45, 2.75) is 0 Å². The number of nitrogens with zero attached hydrogens (tertiary/aromatic N) is 3. The molecule has 1 aromatic carbocycles. The van der Waals surface area contributed by atoms with Crippen LogP contribution in [0.2, 0.25) is 0 Å². The van der Waals surface area contributed by atoms with E-state index in [1.165, 1.54) is 12.4 Å². The third-order valence-corrected chi connectivity index (χ3v) is 4.31. The summed E-state index contributed by atoms with van der Waals surface area (Å²) in [5, 5.41) is 0. The van der Waals surface area contributed by atoms with E-state index >= 15 is 0 Å².